The molecule has 42 heavy (non-hydrogen) atoms. The monoisotopic (exact) mass is 590 g/mol. The molecule has 4 rings (SSSR count). The lowest BCUT2D eigenvalue weighted by Crippen LogP contribution is -2.56. The van der Waals surface area contributed by atoms with E-state index in [1.807, 2.05) is 36.4 Å². The van der Waals surface area contributed by atoms with Crippen LogP contribution in [0.3, 0.4) is 0 Å². The van der Waals surface area contributed by atoms with Crippen LogP contribution in [0.25, 0.3) is 0 Å². The van der Waals surface area contributed by atoms with E-state index < -0.39 is 40.0 Å². The van der Waals surface area contributed by atoms with Crippen LogP contribution in [-0.2, 0) is 26.3 Å². The van der Waals surface area contributed by atoms with Crippen LogP contribution in [0.15, 0.2) is 78.9 Å². The molecule has 0 unspecified atom stereocenters. The molecular formula is C29H34N8O4S. The minimum atomic E-state index is -4.31. The number of carbonyl (C=O) groups excluding carboxylic acids is 2. The first kappa shape index (κ1) is 30.4. The third-order valence-corrected chi connectivity index (χ3v) is 7.76. The Balaban J connectivity index is 1.60. The van der Waals surface area contributed by atoms with E-state index in [2.05, 4.69) is 10.0 Å². The molecule has 0 aliphatic carbocycles. The van der Waals surface area contributed by atoms with Gasteiger partial charge in [-0.1, -0.05) is 72.8 Å². The zero-order valence-corrected chi connectivity index (χ0v) is 23.6. The number of carbonyl (C=O) groups is 2. The Morgan fingerprint density at radius 3 is 2.00 bits per heavy atom. The lowest BCUT2D eigenvalue weighted by atomic mass is 9.84. The summed E-state index contributed by atoms with van der Waals surface area (Å²) in [5.74, 6) is -2.19. The van der Waals surface area contributed by atoms with E-state index in [-0.39, 0.29) is 30.3 Å². The van der Waals surface area contributed by atoms with Crippen molar-refractivity contribution in [1.29, 1.82) is 10.8 Å². The number of nitrogens with zero attached hydrogens (tertiary/aromatic N) is 1. The molecule has 0 spiro atoms. The van der Waals surface area contributed by atoms with Crippen molar-refractivity contribution in [3.63, 3.8) is 0 Å². The Morgan fingerprint density at radius 2 is 1.48 bits per heavy atom. The number of nitrogens with two attached hydrogens (primary N) is 3. The van der Waals surface area contributed by atoms with Gasteiger partial charge in [-0.05, 0) is 35.6 Å². The number of nitrogen functional groups attached to an aromatic ring is 2. The average molecular weight is 591 g/mol. The minimum absolute atomic E-state index is 0.0747. The molecule has 220 valence electrons. The molecule has 1 saturated heterocycles. The molecule has 1 fully saturated rings. The zero-order chi connectivity index (χ0) is 30.4. The molecule has 13 heteroatoms. The van der Waals surface area contributed by atoms with Crippen molar-refractivity contribution in [2.45, 2.75) is 37.4 Å². The number of amides is 2. The minimum Gasteiger partial charge on any atom is -0.384 e. The van der Waals surface area contributed by atoms with Gasteiger partial charge >= 0.3 is 0 Å². The standard InChI is InChI=1S/C29H34N8O4S/c30-26(31)21-14-13-18(16-22(21)27(32)33)17-35-28(38)23-12-7-15-37(23)29(39)25(36-42(34,40)41)24(19-8-3-1-4-9-19)20-10-5-2-6-11-20/h1-6,8-11,13-14,16,23-25,36H,7,12,15,17H2,(H3,30,31)(H3,32,33)(H,35,38)(H2,34,40,41)/t23-,25+/m0/s1. The van der Waals surface area contributed by atoms with Gasteiger partial charge in [0, 0.05) is 30.1 Å². The predicted octanol–water partition coefficient (Wildman–Crippen LogP) is 0.856. The van der Waals surface area contributed by atoms with E-state index in [0.717, 1.165) is 0 Å². The first-order valence-electron chi connectivity index (χ1n) is 13.3. The molecule has 3 aromatic carbocycles. The molecule has 0 saturated carbocycles. The molecule has 2 atom stereocenters. The summed E-state index contributed by atoms with van der Waals surface area (Å²) in [7, 11) is -4.31. The van der Waals surface area contributed by atoms with E-state index in [0.29, 0.717) is 35.1 Å². The number of likely N-dealkylation sites (tertiary alicyclic amines) is 1. The summed E-state index contributed by atoms with van der Waals surface area (Å²) in [6, 6.07) is 20.7. The maximum absolute atomic E-state index is 14.1. The highest BCUT2D eigenvalue weighted by Crippen LogP contribution is 2.31. The molecule has 0 bridgehead atoms. The Morgan fingerprint density at radius 1 is 0.905 bits per heavy atom. The Hall–Kier alpha value is -4.59. The molecule has 0 aromatic heterocycles. The van der Waals surface area contributed by atoms with Gasteiger partial charge in [0.1, 0.15) is 23.8 Å². The van der Waals surface area contributed by atoms with Crippen LogP contribution in [0, 0.1) is 10.8 Å². The van der Waals surface area contributed by atoms with Gasteiger partial charge in [-0.15, -0.1) is 0 Å². The topological polar surface area (TPSA) is 221 Å². The summed E-state index contributed by atoms with van der Waals surface area (Å²) in [6.07, 6.45) is 0.942. The van der Waals surface area contributed by atoms with Crippen molar-refractivity contribution in [3.05, 3.63) is 107 Å². The number of benzene rings is 3. The van der Waals surface area contributed by atoms with Crippen LogP contribution in [-0.4, -0.2) is 55.4 Å². The number of amidine groups is 2. The van der Waals surface area contributed by atoms with E-state index in [9.17, 15) is 18.0 Å². The first-order valence-corrected chi connectivity index (χ1v) is 14.8. The van der Waals surface area contributed by atoms with Gasteiger partial charge in [0.05, 0.1) is 0 Å². The number of rotatable bonds is 11. The predicted molar refractivity (Wildman–Crippen MR) is 160 cm³/mol. The van der Waals surface area contributed by atoms with Gasteiger partial charge in [-0.2, -0.15) is 13.1 Å². The fraction of sp³-hybridized carbons (Fsp3) is 0.241. The summed E-state index contributed by atoms with van der Waals surface area (Å²) < 4.78 is 27.0. The lowest BCUT2D eigenvalue weighted by molar-refractivity contribution is -0.140. The van der Waals surface area contributed by atoms with Crippen molar-refractivity contribution in [2.24, 2.45) is 16.6 Å². The Bertz CT molecular complexity index is 1540. The van der Waals surface area contributed by atoms with Crippen LogP contribution in [0.5, 0.6) is 0 Å². The molecule has 1 aliphatic rings. The van der Waals surface area contributed by atoms with Crippen molar-refractivity contribution < 1.29 is 18.0 Å². The van der Waals surface area contributed by atoms with Crippen LogP contribution >= 0.6 is 0 Å². The van der Waals surface area contributed by atoms with Crippen LogP contribution in [0.1, 0.15) is 46.6 Å². The summed E-state index contributed by atoms with van der Waals surface area (Å²) in [5, 5.41) is 23.7. The zero-order valence-electron chi connectivity index (χ0n) is 22.8. The fourth-order valence-corrected chi connectivity index (χ4v) is 5.87. The van der Waals surface area contributed by atoms with E-state index in [1.165, 1.54) is 4.90 Å². The van der Waals surface area contributed by atoms with Crippen molar-refractivity contribution in [1.82, 2.24) is 14.9 Å². The molecule has 10 N–H and O–H groups in total. The Labute approximate surface area is 244 Å². The molecule has 12 nitrogen and oxygen atoms in total. The van der Waals surface area contributed by atoms with Gasteiger partial charge in [0.2, 0.25) is 11.8 Å². The van der Waals surface area contributed by atoms with Gasteiger partial charge < -0.3 is 21.7 Å². The van der Waals surface area contributed by atoms with Crippen LogP contribution < -0.4 is 26.6 Å². The van der Waals surface area contributed by atoms with Crippen LogP contribution in [0.2, 0.25) is 0 Å². The van der Waals surface area contributed by atoms with Crippen LogP contribution in [0.4, 0.5) is 0 Å². The first-order chi connectivity index (χ1) is 20.0. The summed E-state index contributed by atoms with van der Waals surface area (Å²) in [4.78, 5) is 28.9. The number of hydrogen-bond donors (Lipinski definition) is 7. The molecule has 1 aliphatic heterocycles. The Kier molecular flexibility index (Phi) is 9.35. The van der Waals surface area contributed by atoms with Gasteiger partial charge in [-0.3, -0.25) is 20.4 Å². The van der Waals surface area contributed by atoms with Gasteiger partial charge in [0.25, 0.3) is 10.2 Å². The summed E-state index contributed by atoms with van der Waals surface area (Å²) in [5.41, 5.74) is 13.8. The van der Waals surface area contributed by atoms with Crippen molar-refractivity contribution >= 4 is 33.7 Å². The summed E-state index contributed by atoms with van der Waals surface area (Å²) >= 11 is 0. The normalized spacial score (nSPS) is 15.8. The third-order valence-electron chi connectivity index (χ3n) is 7.18. The second kappa shape index (κ2) is 12.9. The molecule has 0 radical (unpaired) electrons. The molecule has 2 amide bonds. The highest BCUT2D eigenvalue weighted by Gasteiger charge is 2.42. The highest BCUT2D eigenvalue weighted by molar-refractivity contribution is 7.87. The summed E-state index contributed by atoms with van der Waals surface area (Å²) in [6.45, 7) is 0.336. The van der Waals surface area contributed by atoms with Gasteiger partial charge in [0.15, 0.2) is 0 Å². The van der Waals surface area contributed by atoms with E-state index in [4.69, 9.17) is 27.4 Å². The largest absolute Gasteiger partial charge is 0.384 e. The highest BCUT2D eigenvalue weighted by atomic mass is 32.2. The fourth-order valence-electron chi connectivity index (χ4n) is 5.28. The SMILES string of the molecule is N=C(N)c1ccc(CNC(=O)[C@@H]2CCCN2C(=O)[C@H](NS(N)(=O)=O)C(c2ccccc2)c2ccccc2)cc1C(=N)N. The second-order valence-electron chi connectivity index (χ2n) is 10.1. The van der Waals surface area contributed by atoms with E-state index >= 15 is 0 Å². The maximum atomic E-state index is 14.1. The quantitative estimate of drug-likeness (QED) is 0.127. The van der Waals surface area contributed by atoms with Crippen molar-refractivity contribution in [2.75, 3.05) is 6.54 Å². The average Bonchev–Trinajstić information content (AvgIpc) is 3.46. The smallest absolute Gasteiger partial charge is 0.275 e. The third kappa shape index (κ3) is 7.18. The van der Waals surface area contributed by atoms with E-state index in [1.54, 1.807) is 42.5 Å². The van der Waals surface area contributed by atoms with Gasteiger partial charge in [-0.25, -0.2) is 5.14 Å². The molecule has 1 heterocycles. The lowest BCUT2D eigenvalue weighted by Gasteiger charge is -2.33. The molecular weight excluding hydrogens is 556 g/mol. The maximum Gasteiger partial charge on any atom is 0.275 e. The van der Waals surface area contributed by atoms with Crippen molar-refractivity contribution in [3.8, 4) is 0 Å². The molecule has 3 aromatic rings. The second-order valence-corrected chi connectivity index (χ2v) is 11.4. The number of nitrogens with one attached hydrogen (secondary N) is 4. The number of hydrogen-bond acceptors (Lipinski definition) is 6.